The van der Waals surface area contributed by atoms with Gasteiger partial charge >= 0.3 is 0 Å². The van der Waals surface area contributed by atoms with Gasteiger partial charge in [-0.25, -0.2) is 9.98 Å². The van der Waals surface area contributed by atoms with Crippen LogP contribution in [0.25, 0.3) is 0 Å². The van der Waals surface area contributed by atoms with Crippen LogP contribution >= 0.6 is 0 Å². The number of nitrogens with one attached hydrogen (secondary N) is 2. The highest BCUT2D eigenvalue weighted by Crippen LogP contribution is 2.12. The van der Waals surface area contributed by atoms with Gasteiger partial charge in [0.15, 0.2) is 5.96 Å². The number of benzene rings is 1. The molecule has 0 spiro atoms. The maximum Gasteiger partial charge on any atom is 0.216 e. The first-order valence-corrected chi connectivity index (χ1v) is 9.39. The number of rotatable bonds is 9. The van der Waals surface area contributed by atoms with E-state index < -0.39 is 0 Å². The summed E-state index contributed by atoms with van der Waals surface area (Å²) in [6, 6.07) is 10.5. The molecule has 2 aromatic rings. The molecule has 1 heterocycles. The largest absolute Gasteiger partial charge is 0.444 e. The highest BCUT2D eigenvalue weighted by molar-refractivity contribution is 5.79. The van der Waals surface area contributed by atoms with Crippen LogP contribution < -0.4 is 15.5 Å². The number of nitrogens with zero attached hydrogens (tertiary/aromatic N) is 3. The smallest absolute Gasteiger partial charge is 0.216 e. The lowest BCUT2D eigenvalue weighted by molar-refractivity contribution is 0.472. The minimum atomic E-state index is 0.440. The minimum Gasteiger partial charge on any atom is -0.444 e. The van der Waals surface area contributed by atoms with Crippen LogP contribution in [0.3, 0.4) is 0 Å². The maximum absolute atomic E-state index is 5.58. The Morgan fingerprint density at radius 1 is 1.15 bits per heavy atom. The fraction of sp³-hybridized carbons (Fsp3) is 0.500. The quantitative estimate of drug-likeness (QED) is 0.410. The lowest BCUT2D eigenvalue weighted by atomic mass is 10.2. The monoisotopic (exact) mass is 357 g/mol. The van der Waals surface area contributed by atoms with Crippen LogP contribution in [-0.2, 0) is 6.54 Å². The van der Waals surface area contributed by atoms with Gasteiger partial charge < -0.3 is 20.0 Å². The molecule has 0 saturated heterocycles. The molecule has 142 valence electrons. The zero-order valence-electron chi connectivity index (χ0n) is 16.4. The second kappa shape index (κ2) is 10.5. The Balaban J connectivity index is 1.81. The molecule has 0 bridgehead atoms. The van der Waals surface area contributed by atoms with Crippen LogP contribution in [0.1, 0.15) is 37.6 Å². The molecule has 0 unspecified atom stereocenters. The van der Waals surface area contributed by atoms with Gasteiger partial charge in [0.25, 0.3) is 0 Å². The molecule has 1 aromatic carbocycles. The molecule has 0 radical (unpaired) electrons. The predicted molar refractivity (Wildman–Crippen MR) is 108 cm³/mol. The molecular formula is C20H31N5O. The van der Waals surface area contributed by atoms with Gasteiger partial charge in [0.05, 0.1) is 5.69 Å². The summed E-state index contributed by atoms with van der Waals surface area (Å²) in [5.74, 6) is 2.30. The normalized spacial score (nSPS) is 11.5. The van der Waals surface area contributed by atoms with E-state index >= 15 is 0 Å². The van der Waals surface area contributed by atoms with Crippen molar-refractivity contribution in [2.24, 2.45) is 4.99 Å². The Bertz CT molecular complexity index is 661. The Kier molecular flexibility index (Phi) is 7.99. The first-order valence-electron chi connectivity index (χ1n) is 9.39. The molecule has 6 nitrogen and oxygen atoms in total. The highest BCUT2D eigenvalue weighted by atomic mass is 16.4. The molecule has 6 heteroatoms. The molecule has 2 N–H and O–H groups in total. The van der Waals surface area contributed by atoms with Crippen LogP contribution in [0.4, 0.5) is 5.69 Å². The number of aromatic nitrogens is 1. The molecule has 0 amide bonds. The van der Waals surface area contributed by atoms with Crippen LogP contribution in [0.2, 0.25) is 0 Å². The number of guanidine groups is 1. The number of hydrogen-bond donors (Lipinski definition) is 2. The third kappa shape index (κ3) is 6.10. The SMILES string of the molecule is CCNC(=NCc1nc(C)c(C)o1)NCCCN(CC)c1ccccc1. The lowest BCUT2D eigenvalue weighted by Crippen LogP contribution is -2.38. The van der Waals surface area contributed by atoms with Gasteiger partial charge in [-0.1, -0.05) is 18.2 Å². The van der Waals surface area contributed by atoms with Gasteiger partial charge in [0.2, 0.25) is 5.89 Å². The summed E-state index contributed by atoms with van der Waals surface area (Å²) >= 11 is 0. The maximum atomic E-state index is 5.58. The van der Waals surface area contributed by atoms with E-state index in [2.05, 4.69) is 69.7 Å². The molecule has 0 aliphatic heterocycles. The van der Waals surface area contributed by atoms with Crippen molar-refractivity contribution < 1.29 is 4.42 Å². The summed E-state index contributed by atoms with van der Waals surface area (Å²) in [6.07, 6.45) is 1.03. The highest BCUT2D eigenvalue weighted by Gasteiger charge is 2.06. The second-order valence-corrected chi connectivity index (χ2v) is 6.14. The predicted octanol–water partition coefficient (Wildman–Crippen LogP) is 3.26. The molecule has 0 atom stereocenters. The van der Waals surface area contributed by atoms with Crippen molar-refractivity contribution in [3.63, 3.8) is 0 Å². The summed E-state index contributed by atoms with van der Waals surface area (Å²) in [5.41, 5.74) is 2.19. The van der Waals surface area contributed by atoms with E-state index in [1.807, 2.05) is 13.8 Å². The van der Waals surface area contributed by atoms with Gasteiger partial charge in [-0.3, -0.25) is 0 Å². The zero-order chi connectivity index (χ0) is 18.8. The summed E-state index contributed by atoms with van der Waals surface area (Å²) in [5, 5.41) is 6.65. The molecule has 26 heavy (non-hydrogen) atoms. The van der Waals surface area contributed by atoms with Gasteiger partial charge in [-0.2, -0.15) is 0 Å². The topological polar surface area (TPSA) is 65.7 Å². The first-order chi connectivity index (χ1) is 12.6. The summed E-state index contributed by atoms with van der Waals surface area (Å²) in [6.45, 7) is 12.2. The fourth-order valence-electron chi connectivity index (χ4n) is 2.68. The number of aryl methyl sites for hydroxylation is 2. The zero-order valence-corrected chi connectivity index (χ0v) is 16.4. The Labute approximate surface area is 156 Å². The Hall–Kier alpha value is -2.50. The van der Waals surface area contributed by atoms with Gasteiger partial charge in [0.1, 0.15) is 12.3 Å². The van der Waals surface area contributed by atoms with Crippen molar-refractivity contribution >= 4 is 11.6 Å². The van der Waals surface area contributed by atoms with Crippen LogP contribution in [0, 0.1) is 13.8 Å². The van der Waals surface area contributed by atoms with E-state index in [0.29, 0.717) is 12.4 Å². The molecule has 0 aliphatic carbocycles. The molecule has 0 aliphatic rings. The van der Waals surface area contributed by atoms with Crippen LogP contribution in [-0.4, -0.2) is 37.1 Å². The number of hydrogen-bond acceptors (Lipinski definition) is 4. The summed E-state index contributed by atoms with van der Waals surface area (Å²) in [4.78, 5) is 11.3. The van der Waals surface area contributed by atoms with E-state index in [1.165, 1.54) is 5.69 Å². The van der Waals surface area contributed by atoms with Crippen molar-refractivity contribution in [3.05, 3.63) is 47.7 Å². The van der Waals surface area contributed by atoms with E-state index in [4.69, 9.17) is 4.42 Å². The average Bonchev–Trinajstić information content (AvgIpc) is 2.98. The van der Waals surface area contributed by atoms with E-state index in [0.717, 1.165) is 50.0 Å². The van der Waals surface area contributed by atoms with Gasteiger partial charge in [0, 0.05) is 31.9 Å². The number of para-hydroxylation sites is 1. The Morgan fingerprint density at radius 2 is 1.92 bits per heavy atom. The average molecular weight is 358 g/mol. The van der Waals surface area contributed by atoms with E-state index in [1.54, 1.807) is 0 Å². The van der Waals surface area contributed by atoms with Crippen molar-refractivity contribution in [3.8, 4) is 0 Å². The molecule has 2 rings (SSSR count). The van der Waals surface area contributed by atoms with E-state index in [-0.39, 0.29) is 0 Å². The van der Waals surface area contributed by atoms with Crippen molar-refractivity contribution in [2.45, 2.75) is 40.7 Å². The van der Waals surface area contributed by atoms with E-state index in [9.17, 15) is 0 Å². The molecule has 1 aromatic heterocycles. The standard InChI is InChI=1S/C20H31N5O/c1-5-21-20(23-15-19-24-16(3)17(4)26-19)22-13-10-14-25(6-2)18-11-8-7-9-12-18/h7-9,11-12H,5-6,10,13-15H2,1-4H3,(H2,21,22,23). The first kappa shape index (κ1) is 19.8. The number of anilines is 1. The molecule has 0 fully saturated rings. The third-order valence-corrected chi connectivity index (χ3v) is 4.19. The van der Waals surface area contributed by atoms with Gasteiger partial charge in [-0.05, 0) is 46.2 Å². The van der Waals surface area contributed by atoms with Crippen LogP contribution in [0.5, 0.6) is 0 Å². The van der Waals surface area contributed by atoms with Crippen LogP contribution in [0.15, 0.2) is 39.7 Å². The van der Waals surface area contributed by atoms with Crippen molar-refractivity contribution in [1.29, 1.82) is 0 Å². The molecule has 0 saturated carbocycles. The third-order valence-electron chi connectivity index (χ3n) is 4.19. The fourth-order valence-corrected chi connectivity index (χ4v) is 2.68. The van der Waals surface area contributed by atoms with Gasteiger partial charge in [-0.15, -0.1) is 0 Å². The number of aliphatic imine (C=N–C) groups is 1. The van der Waals surface area contributed by atoms with Crippen molar-refractivity contribution in [2.75, 3.05) is 31.1 Å². The summed E-state index contributed by atoms with van der Waals surface area (Å²) < 4.78 is 5.58. The molecular weight excluding hydrogens is 326 g/mol. The summed E-state index contributed by atoms with van der Waals surface area (Å²) in [7, 11) is 0. The number of oxazole rings is 1. The second-order valence-electron chi connectivity index (χ2n) is 6.14. The minimum absolute atomic E-state index is 0.440. The lowest BCUT2D eigenvalue weighted by Gasteiger charge is -2.23. The van der Waals surface area contributed by atoms with Crippen molar-refractivity contribution in [1.82, 2.24) is 15.6 Å². The Morgan fingerprint density at radius 3 is 2.54 bits per heavy atom.